The van der Waals surface area contributed by atoms with Gasteiger partial charge < -0.3 is 20.2 Å². The molecule has 1 aliphatic rings. The van der Waals surface area contributed by atoms with Crippen LogP contribution in [0.1, 0.15) is 16.7 Å². The van der Waals surface area contributed by atoms with Gasteiger partial charge in [-0.1, -0.05) is 54.6 Å². The summed E-state index contributed by atoms with van der Waals surface area (Å²) in [6.45, 7) is 0.772. The molecule has 3 heterocycles. The first-order valence-electron chi connectivity index (χ1n) is 11.7. The van der Waals surface area contributed by atoms with Crippen LogP contribution in [0, 0.1) is 0 Å². The van der Waals surface area contributed by atoms with Crippen LogP contribution in [-0.2, 0) is 22.6 Å². The Labute approximate surface area is 202 Å². The number of anilines is 1. The molecule has 1 aliphatic heterocycles. The van der Waals surface area contributed by atoms with Gasteiger partial charge in [-0.2, -0.15) is 0 Å². The first kappa shape index (κ1) is 21.0. The Morgan fingerprint density at radius 3 is 2.63 bits per heavy atom. The molecular formula is C29H24N4O2. The molecule has 3 aromatic carbocycles. The lowest BCUT2D eigenvalue weighted by atomic mass is 10.0. The third-order valence-corrected chi connectivity index (χ3v) is 6.53. The summed E-state index contributed by atoms with van der Waals surface area (Å²) in [7, 11) is 0. The molecule has 2 amide bonds. The van der Waals surface area contributed by atoms with Gasteiger partial charge in [0.15, 0.2) is 0 Å². The fourth-order valence-electron chi connectivity index (χ4n) is 4.84. The molecule has 0 unspecified atom stereocenters. The van der Waals surface area contributed by atoms with E-state index in [0.29, 0.717) is 12.1 Å². The van der Waals surface area contributed by atoms with E-state index >= 15 is 0 Å². The molecule has 6 heteroatoms. The van der Waals surface area contributed by atoms with Crippen LogP contribution in [0.5, 0.6) is 0 Å². The summed E-state index contributed by atoms with van der Waals surface area (Å²) in [5.74, 6) is -0.160. The number of aromatic amines is 1. The highest BCUT2D eigenvalue weighted by atomic mass is 16.2. The fourth-order valence-corrected chi connectivity index (χ4v) is 4.84. The molecule has 0 radical (unpaired) electrons. The van der Waals surface area contributed by atoms with Gasteiger partial charge in [0, 0.05) is 63.1 Å². The van der Waals surface area contributed by atoms with Crippen LogP contribution in [0.3, 0.4) is 0 Å². The lowest BCUT2D eigenvalue weighted by Gasteiger charge is -2.07. The van der Waals surface area contributed by atoms with Crippen LogP contribution in [0.4, 0.5) is 5.69 Å². The normalized spacial score (nSPS) is 13.9. The second-order valence-corrected chi connectivity index (χ2v) is 8.75. The molecule has 2 aromatic heterocycles. The molecule has 0 aliphatic carbocycles. The van der Waals surface area contributed by atoms with E-state index < -0.39 is 0 Å². The average molecular weight is 461 g/mol. The molecule has 0 bridgehead atoms. The molecule has 0 atom stereocenters. The van der Waals surface area contributed by atoms with Crippen LogP contribution in [0.25, 0.3) is 33.5 Å². The van der Waals surface area contributed by atoms with E-state index in [4.69, 9.17) is 0 Å². The Balaban J connectivity index is 1.21. The molecule has 3 N–H and O–H groups in total. The van der Waals surface area contributed by atoms with E-state index in [9.17, 15) is 9.59 Å². The maximum atomic E-state index is 12.8. The standard InChI is InChI=1S/C29H24N4O2/c34-28(30-14-13-19-16-31-25-10-4-1-7-21(19)25)18-33-17-20(22-8-3-6-12-27(22)33)15-24-23-9-2-5-11-26(23)32-29(24)35/h1-12,15-17,31H,13-14,18H2,(H,30,34)(H,32,35)/b24-15+. The number of nitrogens with zero attached hydrogens (tertiary/aromatic N) is 1. The number of para-hydroxylation sites is 3. The molecule has 0 saturated carbocycles. The lowest BCUT2D eigenvalue weighted by Crippen LogP contribution is -2.29. The highest BCUT2D eigenvalue weighted by molar-refractivity contribution is 6.35. The Morgan fingerprint density at radius 2 is 1.71 bits per heavy atom. The number of amides is 2. The van der Waals surface area contributed by atoms with Crippen molar-refractivity contribution in [1.29, 1.82) is 0 Å². The highest BCUT2D eigenvalue weighted by Gasteiger charge is 2.24. The Morgan fingerprint density at radius 1 is 0.943 bits per heavy atom. The predicted octanol–water partition coefficient (Wildman–Crippen LogP) is 4.97. The molecule has 172 valence electrons. The zero-order valence-corrected chi connectivity index (χ0v) is 19.0. The van der Waals surface area contributed by atoms with Crippen molar-refractivity contribution in [2.75, 3.05) is 11.9 Å². The number of carbonyl (C=O) groups excluding carboxylic acids is 2. The quantitative estimate of drug-likeness (QED) is 0.313. The summed E-state index contributed by atoms with van der Waals surface area (Å²) in [4.78, 5) is 28.7. The number of rotatable bonds is 6. The van der Waals surface area contributed by atoms with Gasteiger partial charge in [-0.3, -0.25) is 9.59 Å². The molecule has 0 saturated heterocycles. The van der Waals surface area contributed by atoms with E-state index in [-0.39, 0.29) is 18.4 Å². The summed E-state index contributed by atoms with van der Waals surface area (Å²) in [5, 5.41) is 8.16. The molecule has 5 aromatic rings. The summed E-state index contributed by atoms with van der Waals surface area (Å²) in [6.07, 6.45) is 6.63. The van der Waals surface area contributed by atoms with Gasteiger partial charge in [0.25, 0.3) is 5.91 Å². The zero-order chi connectivity index (χ0) is 23.8. The van der Waals surface area contributed by atoms with Gasteiger partial charge in [-0.25, -0.2) is 0 Å². The van der Waals surface area contributed by atoms with Crippen molar-refractivity contribution in [3.63, 3.8) is 0 Å². The second-order valence-electron chi connectivity index (χ2n) is 8.75. The van der Waals surface area contributed by atoms with Crippen molar-refractivity contribution >= 4 is 51.0 Å². The molecule has 0 spiro atoms. The second kappa shape index (κ2) is 8.65. The number of fused-ring (bicyclic) bond motifs is 3. The molecule has 6 nitrogen and oxygen atoms in total. The van der Waals surface area contributed by atoms with E-state index in [0.717, 1.165) is 39.7 Å². The molecule has 35 heavy (non-hydrogen) atoms. The van der Waals surface area contributed by atoms with E-state index in [1.54, 1.807) is 0 Å². The lowest BCUT2D eigenvalue weighted by molar-refractivity contribution is -0.121. The number of benzene rings is 3. The SMILES string of the molecule is O=C(Cn1cc(/C=C2/C(=O)Nc3ccccc32)c2ccccc21)NCCc1c[nH]c2ccccc12. The summed E-state index contributed by atoms with van der Waals surface area (Å²) < 4.78 is 1.95. The number of nitrogens with one attached hydrogen (secondary N) is 3. The van der Waals surface area contributed by atoms with Crippen LogP contribution >= 0.6 is 0 Å². The summed E-state index contributed by atoms with van der Waals surface area (Å²) >= 11 is 0. The van der Waals surface area contributed by atoms with E-state index in [1.165, 1.54) is 10.9 Å². The van der Waals surface area contributed by atoms with Crippen molar-refractivity contribution < 1.29 is 9.59 Å². The van der Waals surface area contributed by atoms with Gasteiger partial charge in [0.1, 0.15) is 6.54 Å². The van der Waals surface area contributed by atoms with E-state index in [1.807, 2.05) is 83.7 Å². The topological polar surface area (TPSA) is 78.9 Å². The van der Waals surface area contributed by atoms with Gasteiger partial charge in [-0.15, -0.1) is 0 Å². The smallest absolute Gasteiger partial charge is 0.256 e. The number of aromatic nitrogens is 2. The molecule has 6 rings (SSSR count). The monoisotopic (exact) mass is 460 g/mol. The van der Waals surface area contributed by atoms with E-state index in [2.05, 4.69) is 27.8 Å². The maximum absolute atomic E-state index is 12.8. The number of carbonyl (C=O) groups is 2. The number of hydrogen-bond donors (Lipinski definition) is 3. The third-order valence-electron chi connectivity index (χ3n) is 6.53. The van der Waals surface area contributed by atoms with Crippen LogP contribution in [-0.4, -0.2) is 27.9 Å². The van der Waals surface area contributed by atoms with Crippen LogP contribution in [0.2, 0.25) is 0 Å². The van der Waals surface area contributed by atoms with Gasteiger partial charge in [0.05, 0.1) is 0 Å². The van der Waals surface area contributed by atoms with Gasteiger partial charge in [-0.05, 0) is 36.3 Å². The van der Waals surface area contributed by atoms with Gasteiger partial charge >= 0.3 is 0 Å². The predicted molar refractivity (Wildman–Crippen MR) is 140 cm³/mol. The average Bonchev–Trinajstić information content (AvgIpc) is 3.54. The minimum atomic E-state index is -0.113. The summed E-state index contributed by atoms with van der Waals surface area (Å²) in [5.41, 5.74) is 6.51. The Bertz CT molecular complexity index is 1620. The largest absolute Gasteiger partial charge is 0.361 e. The minimum Gasteiger partial charge on any atom is -0.361 e. The van der Waals surface area contributed by atoms with Crippen LogP contribution in [0.15, 0.2) is 85.2 Å². The Kier molecular flexibility index (Phi) is 5.19. The first-order chi connectivity index (χ1) is 17.2. The number of H-pyrrole nitrogens is 1. The van der Waals surface area contributed by atoms with Crippen molar-refractivity contribution in [1.82, 2.24) is 14.9 Å². The first-order valence-corrected chi connectivity index (χ1v) is 11.7. The van der Waals surface area contributed by atoms with Crippen LogP contribution < -0.4 is 10.6 Å². The fraction of sp³-hybridized carbons (Fsp3) is 0.103. The van der Waals surface area contributed by atoms with Crippen molar-refractivity contribution in [2.24, 2.45) is 0 Å². The van der Waals surface area contributed by atoms with Crippen molar-refractivity contribution in [3.8, 4) is 0 Å². The zero-order valence-electron chi connectivity index (χ0n) is 19.0. The third kappa shape index (κ3) is 3.89. The maximum Gasteiger partial charge on any atom is 0.256 e. The van der Waals surface area contributed by atoms with Crippen molar-refractivity contribution in [3.05, 3.63) is 102 Å². The molecular weight excluding hydrogens is 436 g/mol. The highest BCUT2D eigenvalue weighted by Crippen LogP contribution is 2.34. The Hall–Kier alpha value is -4.58. The number of hydrogen-bond acceptors (Lipinski definition) is 2. The molecule has 0 fully saturated rings. The van der Waals surface area contributed by atoms with Gasteiger partial charge in [0.2, 0.25) is 5.91 Å². The van der Waals surface area contributed by atoms with Crippen molar-refractivity contribution in [2.45, 2.75) is 13.0 Å². The summed E-state index contributed by atoms with van der Waals surface area (Å²) in [6, 6.07) is 23.8. The minimum absolute atomic E-state index is 0.0475.